The molecule has 0 unspecified atom stereocenters. The van der Waals surface area contributed by atoms with Crippen molar-refractivity contribution in [2.24, 2.45) is 0 Å². The molecule has 0 aliphatic rings. The second-order valence-electron chi connectivity index (χ2n) is 6.88. The molecule has 0 fully saturated rings. The van der Waals surface area contributed by atoms with Crippen molar-refractivity contribution in [1.29, 1.82) is 0 Å². The van der Waals surface area contributed by atoms with Crippen molar-refractivity contribution in [3.8, 4) is 11.5 Å². The Kier molecular flexibility index (Phi) is 7.80. The molecule has 2 N–H and O–H groups in total. The van der Waals surface area contributed by atoms with Crippen LogP contribution >= 0.6 is 0 Å². The van der Waals surface area contributed by atoms with Crippen molar-refractivity contribution in [1.82, 2.24) is 0 Å². The molecule has 0 spiro atoms. The van der Waals surface area contributed by atoms with Crippen molar-refractivity contribution in [2.45, 2.75) is 20.3 Å². The van der Waals surface area contributed by atoms with E-state index in [0.717, 1.165) is 0 Å². The highest BCUT2D eigenvalue weighted by Gasteiger charge is 2.17. The normalized spacial score (nSPS) is 10.3. The first-order valence-electron chi connectivity index (χ1n) is 10.3. The van der Waals surface area contributed by atoms with Crippen LogP contribution < -0.4 is 20.1 Å². The molecule has 0 saturated heterocycles. The number of carbonyl (C=O) groups excluding carboxylic acids is 2. The molecule has 0 atom stereocenters. The number of hydrogen-bond acceptors (Lipinski definition) is 4. The van der Waals surface area contributed by atoms with Crippen molar-refractivity contribution < 1.29 is 23.5 Å². The summed E-state index contributed by atoms with van der Waals surface area (Å²) in [5.41, 5.74) is 2.03. The lowest BCUT2D eigenvalue weighted by molar-refractivity contribution is -0.115. The third kappa shape index (κ3) is 6.07. The molecule has 0 aromatic heterocycles. The quantitative estimate of drug-likeness (QED) is 0.492. The molecule has 0 saturated carbocycles. The minimum atomic E-state index is -0.359. The van der Waals surface area contributed by atoms with Gasteiger partial charge in [-0.1, -0.05) is 30.3 Å². The number of anilines is 2. The number of hydrogen-bond donors (Lipinski definition) is 2. The summed E-state index contributed by atoms with van der Waals surface area (Å²) in [6, 6.07) is 17.8. The lowest BCUT2D eigenvalue weighted by atomic mass is 10.1. The van der Waals surface area contributed by atoms with Crippen LogP contribution in [0.15, 0.2) is 66.7 Å². The number of nitrogens with one attached hydrogen (secondary N) is 2. The molecular weight excluding hydrogens is 411 g/mol. The molecule has 32 heavy (non-hydrogen) atoms. The SMILES string of the molecule is CCOc1cc(NC(=O)c2ccccc2)c(OCC)cc1NC(=O)Cc1ccc(F)cc1. The summed E-state index contributed by atoms with van der Waals surface area (Å²) in [5, 5.41) is 5.66. The van der Waals surface area contributed by atoms with Crippen LogP contribution in [0.2, 0.25) is 0 Å². The fourth-order valence-electron chi connectivity index (χ4n) is 3.07. The number of benzene rings is 3. The zero-order valence-electron chi connectivity index (χ0n) is 18.0. The summed E-state index contributed by atoms with van der Waals surface area (Å²) in [6.45, 7) is 4.38. The van der Waals surface area contributed by atoms with E-state index in [9.17, 15) is 14.0 Å². The van der Waals surface area contributed by atoms with Crippen molar-refractivity contribution in [2.75, 3.05) is 23.8 Å². The summed E-state index contributed by atoms with van der Waals surface area (Å²) >= 11 is 0. The monoisotopic (exact) mass is 436 g/mol. The topological polar surface area (TPSA) is 76.7 Å². The van der Waals surface area contributed by atoms with Crippen LogP contribution in [0.25, 0.3) is 0 Å². The number of carbonyl (C=O) groups is 2. The Labute approximate surface area is 186 Å². The molecule has 0 heterocycles. The van der Waals surface area contributed by atoms with E-state index in [1.807, 2.05) is 19.9 Å². The maximum Gasteiger partial charge on any atom is 0.255 e. The van der Waals surface area contributed by atoms with E-state index in [-0.39, 0.29) is 24.1 Å². The number of rotatable bonds is 9. The molecule has 0 aliphatic carbocycles. The lowest BCUT2D eigenvalue weighted by Crippen LogP contribution is -2.17. The molecule has 3 rings (SSSR count). The first-order valence-corrected chi connectivity index (χ1v) is 10.3. The fourth-order valence-corrected chi connectivity index (χ4v) is 3.07. The summed E-state index contributed by atoms with van der Waals surface area (Å²) in [5.74, 6) is -0.144. The van der Waals surface area contributed by atoms with E-state index < -0.39 is 0 Å². The molecule has 2 amide bonds. The van der Waals surface area contributed by atoms with Gasteiger partial charge in [0.05, 0.1) is 31.0 Å². The van der Waals surface area contributed by atoms with E-state index in [4.69, 9.17) is 9.47 Å². The van der Waals surface area contributed by atoms with Crippen molar-refractivity contribution in [3.63, 3.8) is 0 Å². The van der Waals surface area contributed by atoms with E-state index in [1.165, 1.54) is 12.1 Å². The smallest absolute Gasteiger partial charge is 0.255 e. The largest absolute Gasteiger partial charge is 0.492 e. The lowest BCUT2D eigenvalue weighted by Gasteiger charge is -2.18. The Morgan fingerprint density at radius 3 is 1.94 bits per heavy atom. The highest BCUT2D eigenvalue weighted by atomic mass is 19.1. The Hall–Kier alpha value is -3.87. The number of amides is 2. The van der Waals surface area contributed by atoms with Gasteiger partial charge in [0.15, 0.2) is 0 Å². The van der Waals surface area contributed by atoms with E-state index in [1.54, 1.807) is 48.5 Å². The van der Waals surface area contributed by atoms with Crippen LogP contribution in [-0.4, -0.2) is 25.0 Å². The van der Waals surface area contributed by atoms with Gasteiger partial charge in [0.25, 0.3) is 5.91 Å². The van der Waals surface area contributed by atoms with Gasteiger partial charge in [-0.3, -0.25) is 9.59 Å². The number of halogens is 1. The minimum Gasteiger partial charge on any atom is -0.492 e. The zero-order chi connectivity index (χ0) is 22.9. The first kappa shape index (κ1) is 22.8. The van der Waals surface area contributed by atoms with Gasteiger partial charge in [-0.25, -0.2) is 4.39 Å². The van der Waals surface area contributed by atoms with Gasteiger partial charge in [0, 0.05) is 17.7 Å². The van der Waals surface area contributed by atoms with Gasteiger partial charge in [0.1, 0.15) is 17.3 Å². The second-order valence-corrected chi connectivity index (χ2v) is 6.88. The van der Waals surface area contributed by atoms with E-state index in [0.29, 0.717) is 47.2 Å². The van der Waals surface area contributed by atoms with Gasteiger partial charge in [-0.05, 0) is 43.7 Å². The Morgan fingerprint density at radius 2 is 1.38 bits per heavy atom. The first-order chi connectivity index (χ1) is 15.5. The molecule has 7 heteroatoms. The molecular formula is C25H25FN2O4. The predicted octanol–water partition coefficient (Wildman–Crippen LogP) is 5.06. The zero-order valence-corrected chi connectivity index (χ0v) is 18.0. The van der Waals surface area contributed by atoms with Gasteiger partial charge in [0.2, 0.25) is 5.91 Å². The van der Waals surface area contributed by atoms with Gasteiger partial charge in [-0.2, -0.15) is 0 Å². The van der Waals surface area contributed by atoms with E-state index >= 15 is 0 Å². The summed E-state index contributed by atoms with van der Waals surface area (Å²) in [6.07, 6.45) is 0.0717. The highest BCUT2D eigenvalue weighted by molar-refractivity contribution is 6.05. The molecule has 6 nitrogen and oxygen atoms in total. The summed E-state index contributed by atoms with van der Waals surface area (Å²) in [4.78, 5) is 25.2. The van der Waals surface area contributed by atoms with Gasteiger partial charge < -0.3 is 20.1 Å². The third-order valence-corrected chi connectivity index (χ3v) is 4.52. The molecule has 0 aliphatic heterocycles. The molecule has 0 radical (unpaired) electrons. The summed E-state index contributed by atoms with van der Waals surface area (Å²) in [7, 11) is 0. The highest BCUT2D eigenvalue weighted by Crippen LogP contribution is 2.37. The van der Waals surface area contributed by atoms with Crippen LogP contribution in [0, 0.1) is 5.82 Å². The van der Waals surface area contributed by atoms with Crippen LogP contribution in [0.3, 0.4) is 0 Å². The van der Waals surface area contributed by atoms with Crippen LogP contribution in [0.4, 0.5) is 15.8 Å². The van der Waals surface area contributed by atoms with Crippen LogP contribution in [0.5, 0.6) is 11.5 Å². The average Bonchev–Trinajstić information content (AvgIpc) is 2.79. The number of ether oxygens (including phenoxy) is 2. The summed E-state index contributed by atoms with van der Waals surface area (Å²) < 4.78 is 24.5. The molecule has 166 valence electrons. The van der Waals surface area contributed by atoms with E-state index in [2.05, 4.69) is 10.6 Å². The van der Waals surface area contributed by atoms with Gasteiger partial charge >= 0.3 is 0 Å². The Bertz CT molecular complexity index is 1070. The third-order valence-electron chi connectivity index (χ3n) is 4.52. The van der Waals surface area contributed by atoms with Gasteiger partial charge in [-0.15, -0.1) is 0 Å². The molecule has 0 bridgehead atoms. The Morgan fingerprint density at radius 1 is 0.812 bits per heavy atom. The maximum atomic E-state index is 13.1. The molecule has 3 aromatic rings. The Balaban J connectivity index is 1.85. The predicted molar refractivity (Wildman–Crippen MR) is 122 cm³/mol. The molecule has 3 aromatic carbocycles. The standard InChI is InChI=1S/C25H25FN2O4/c1-3-31-22-16-21(28-25(30)18-8-6-5-7-9-18)23(32-4-2)15-20(22)27-24(29)14-17-10-12-19(26)13-11-17/h5-13,15-16H,3-4,14H2,1-2H3,(H,27,29)(H,28,30). The minimum absolute atomic E-state index is 0.0717. The second kappa shape index (κ2) is 10.9. The fraction of sp³-hybridized carbons (Fsp3) is 0.200. The van der Waals surface area contributed by atoms with Crippen molar-refractivity contribution in [3.05, 3.63) is 83.7 Å². The average molecular weight is 436 g/mol. The van der Waals surface area contributed by atoms with Crippen LogP contribution in [0.1, 0.15) is 29.8 Å². The van der Waals surface area contributed by atoms with Crippen LogP contribution in [-0.2, 0) is 11.2 Å². The van der Waals surface area contributed by atoms with Crippen molar-refractivity contribution >= 4 is 23.2 Å². The maximum absolute atomic E-state index is 13.1.